The minimum absolute atomic E-state index is 0.246. The van der Waals surface area contributed by atoms with Crippen LogP contribution in [0.15, 0.2) is 44.7 Å². The Hall–Kier alpha value is -1.18. The van der Waals surface area contributed by atoms with Gasteiger partial charge in [0, 0.05) is 10.9 Å². The van der Waals surface area contributed by atoms with E-state index in [1.165, 1.54) is 11.3 Å². The molecule has 1 amide bonds. The van der Waals surface area contributed by atoms with Crippen LogP contribution >= 0.6 is 43.2 Å². The summed E-state index contributed by atoms with van der Waals surface area (Å²) in [6.45, 7) is 0. The van der Waals surface area contributed by atoms with E-state index in [1.807, 2.05) is 30.3 Å². The van der Waals surface area contributed by atoms with Crippen molar-refractivity contribution in [3.8, 4) is 0 Å². The fourth-order valence-corrected chi connectivity index (χ4v) is 3.68. The summed E-state index contributed by atoms with van der Waals surface area (Å²) in [5.41, 5.74) is 0.860. The quantitative estimate of drug-likeness (QED) is 0.756. The number of amides is 1. The highest BCUT2D eigenvalue weighted by molar-refractivity contribution is 9.13. The van der Waals surface area contributed by atoms with E-state index in [4.69, 9.17) is 0 Å². The summed E-state index contributed by atoms with van der Waals surface area (Å²) in [4.78, 5) is 23.9. The minimum atomic E-state index is -1.05. The van der Waals surface area contributed by atoms with Crippen LogP contribution < -0.4 is 5.32 Å². The molecule has 1 atom stereocenters. The second kappa shape index (κ2) is 7.20. The van der Waals surface area contributed by atoms with Gasteiger partial charge in [0.15, 0.2) is 0 Å². The zero-order valence-corrected chi connectivity index (χ0v) is 14.7. The number of nitrogens with one attached hydrogen (secondary N) is 1. The number of aliphatic carboxylic acids is 1. The van der Waals surface area contributed by atoms with Crippen molar-refractivity contribution in [2.75, 3.05) is 0 Å². The van der Waals surface area contributed by atoms with Gasteiger partial charge < -0.3 is 10.4 Å². The third-order valence-electron chi connectivity index (χ3n) is 2.76. The van der Waals surface area contributed by atoms with Crippen LogP contribution in [0.5, 0.6) is 0 Å². The first-order chi connectivity index (χ1) is 9.97. The van der Waals surface area contributed by atoms with Gasteiger partial charge in [0.2, 0.25) is 0 Å². The maximum absolute atomic E-state index is 12.1. The Kier molecular flexibility index (Phi) is 5.55. The molecule has 1 unspecified atom stereocenters. The Labute approximate surface area is 142 Å². The molecule has 0 aliphatic carbocycles. The molecule has 0 radical (unpaired) electrons. The van der Waals surface area contributed by atoms with Crippen molar-refractivity contribution in [1.29, 1.82) is 0 Å². The van der Waals surface area contributed by atoms with E-state index in [9.17, 15) is 14.7 Å². The van der Waals surface area contributed by atoms with Crippen molar-refractivity contribution in [2.45, 2.75) is 12.5 Å². The molecule has 2 N–H and O–H groups in total. The van der Waals surface area contributed by atoms with Crippen molar-refractivity contribution < 1.29 is 14.7 Å². The van der Waals surface area contributed by atoms with E-state index in [-0.39, 0.29) is 6.42 Å². The minimum Gasteiger partial charge on any atom is -0.480 e. The zero-order valence-electron chi connectivity index (χ0n) is 10.7. The molecule has 0 saturated carbocycles. The third kappa shape index (κ3) is 4.39. The highest BCUT2D eigenvalue weighted by atomic mass is 79.9. The monoisotopic (exact) mass is 431 g/mol. The maximum Gasteiger partial charge on any atom is 0.326 e. The molecule has 4 nitrogen and oxygen atoms in total. The van der Waals surface area contributed by atoms with Gasteiger partial charge in [-0.25, -0.2) is 4.79 Å². The number of hydrogen-bond donors (Lipinski definition) is 2. The molecule has 0 aliphatic heterocycles. The van der Waals surface area contributed by atoms with Crippen molar-refractivity contribution in [3.05, 3.63) is 55.1 Å². The summed E-state index contributed by atoms with van der Waals surface area (Å²) < 4.78 is 1.56. The highest BCUT2D eigenvalue weighted by Gasteiger charge is 2.22. The second-order valence-electron chi connectivity index (χ2n) is 4.29. The second-order valence-corrected chi connectivity index (χ2v) is 7.51. The van der Waals surface area contributed by atoms with Crippen LogP contribution in [0.1, 0.15) is 15.2 Å². The molecule has 1 heterocycles. The number of rotatable bonds is 5. The van der Waals surface area contributed by atoms with Crippen molar-refractivity contribution >= 4 is 55.1 Å². The molecule has 1 aromatic heterocycles. The molecule has 0 bridgehead atoms. The van der Waals surface area contributed by atoms with Gasteiger partial charge in [-0.2, -0.15) is 0 Å². The largest absolute Gasteiger partial charge is 0.480 e. The third-order valence-corrected chi connectivity index (χ3v) is 6.01. The Morgan fingerprint density at radius 1 is 1.24 bits per heavy atom. The van der Waals surface area contributed by atoms with E-state index in [0.29, 0.717) is 4.88 Å². The van der Waals surface area contributed by atoms with Crippen molar-refractivity contribution in [1.82, 2.24) is 5.32 Å². The number of halogens is 2. The fraction of sp³-hybridized carbons (Fsp3) is 0.143. The van der Waals surface area contributed by atoms with E-state index >= 15 is 0 Å². The molecule has 2 aromatic rings. The number of thiophene rings is 1. The molecule has 21 heavy (non-hydrogen) atoms. The first-order valence-electron chi connectivity index (χ1n) is 6.00. The molecular weight excluding hydrogens is 422 g/mol. The SMILES string of the molecule is O=C(NC(Cc1ccccc1)C(=O)O)c1cc(Br)c(Br)s1. The number of hydrogen-bond acceptors (Lipinski definition) is 3. The summed E-state index contributed by atoms with van der Waals surface area (Å²) in [6, 6.07) is 9.90. The van der Waals surface area contributed by atoms with Gasteiger partial charge in [0.05, 0.1) is 8.66 Å². The number of carboxylic acids is 1. The van der Waals surface area contributed by atoms with E-state index in [2.05, 4.69) is 37.2 Å². The van der Waals surface area contributed by atoms with E-state index in [1.54, 1.807) is 6.07 Å². The van der Waals surface area contributed by atoms with Gasteiger partial charge >= 0.3 is 5.97 Å². The maximum atomic E-state index is 12.1. The summed E-state index contributed by atoms with van der Waals surface area (Å²) in [5.74, 6) is -1.45. The summed E-state index contributed by atoms with van der Waals surface area (Å²) in [7, 11) is 0. The summed E-state index contributed by atoms with van der Waals surface area (Å²) in [6.07, 6.45) is 0.246. The molecule has 1 aromatic carbocycles. The molecule has 0 fully saturated rings. The van der Waals surface area contributed by atoms with Gasteiger partial charge in [0.25, 0.3) is 5.91 Å². The van der Waals surface area contributed by atoms with Crippen LogP contribution in [0.25, 0.3) is 0 Å². The lowest BCUT2D eigenvalue weighted by Gasteiger charge is -2.14. The molecule has 0 aliphatic rings. The Bertz CT molecular complexity index is 638. The van der Waals surface area contributed by atoms with E-state index in [0.717, 1.165) is 13.8 Å². The number of carbonyl (C=O) groups excluding carboxylic acids is 1. The Morgan fingerprint density at radius 3 is 2.43 bits per heavy atom. The summed E-state index contributed by atoms with van der Waals surface area (Å²) in [5, 5.41) is 11.8. The fourth-order valence-electron chi connectivity index (χ4n) is 1.74. The highest BCUT2D eigenvalue weighted by Crippen LogP contribution is 2.32. The molecule has 2 rings (SSSR count). The first-order valence-corrected chi connectivity index (χ1v) is 8.40. The standard InChI is InChI=1S/C14H11Br2NO3S/c15-9-7-11(21-12(9)16)13(18)17-10(14(19)20)6-8-4-2-1-3-5-8/h1-5,7,10H,6H2,(H,17,18)(H,19,20). The first kappa shape index (κ1) is 16.2. The molecule has 0 spiro atoms. The predicted molar refractivity (Wildman–Crippen MR) is 88.8 cm³/mol. The Morgan fingerprint density at radius 2 is 1.90 bits per heavy atom. The van der Waals surface area contributed by atoms with Crippen molar-refractivity contribution in [3.63, 3.8) is 0 Å². The average molecular weight is 433 g/mol. The van der Waals surface area contributed by atoms with Crippen LogP contribution in [0, 0.1) is 0 Å². The van der Waals surface area contributed by atoms with E-state index < -0.39 is 17.9 Å². The average Bonchev–Trinajstić information content (AvgIpc) is 2.79. The van der Waals surface area contributed by atoms with Crippen LogP contribution in [0.4, 0.5) is 0 Å². The molecule has 110 valence electrons. The number of carbonyl (C=O) groups is 2. The smallest absolute Gasteiger partial charge is 0.326 e. The molecular formula is C14H11Br2NO3S. The van der Waals surface area contributed by atoms with Gasteiger partial charge in [-0.15, -0.1) is 11.3 Å². The van der Waals surface area contributed by atoms with Crippen LogP contribution in [0.2, 0.25) is 0 Å². The topological polar surface area (TPSA) is 66.4 Å². The van der Waals surface area contributed by atoms with Crippen LogP contribution in [-0.2, 0) is 11.2 Å². The van der Waals surface area contributed by atoms with Gasteiger partial charge in [-0.1, -0.05) is 30.3 Å². The Balaban J connectivity index is 2.09. The normalized spacial score (nSPS) is 11.9. The number of carboxylic acid groups (broad SMARTS) is 1. The van der Waals surface area contributed by atoms with Gasteiger partial charge in [-0.3, -0.25) is 4.79 Å². The molecule has 0 saturated heterocycles. The lowest BCUT2D eigenvalue weighted by Crippen LogP contribution is -2.42. The lowest BCUT2D eigenvalue weighted by molar-refractivity contribution is -0.139. The van der Waals surface area contributed by atoms with Crippen LogP contribution in [0.3, 0.4) is 0 Å². The predicted octanol–water partition coefficient (Wildman–Crippen LogP) is 3.70. The van der Waals surface area contributed by atoms with Gasteiger partial charge in [0.1, 0.15) is 6.04 Å². The summed E-state index contributed by atoms with van der Waals surface area (Å²) >= 11 is 7.86. The van der Waals surface area contributed by atoms with Gasteiger partial charge in [-0.05, 0) is 43.5 Å². The van der Waals surface area contributed by atoms with Crippen molar-refractivity contribution in [2.24, 2.45) is 0 Å². The molecule has 7 heteroatoms. The van der Waals surface area contributed by atoms with Crippen LogP contribution in [-0.4, -0.2) is 23.0 Å². The number of benzene rings is 1. The lowest BCUT2D eigenvalue weighted by atomic mass is 10.1. The zero-order chi connectivity index (χ0) is 15.4.